The average Bonchev–Trinajstić information content (AvgIpc) is 2.90. The van der Waals surface area contributed by atoms with E-state index < -0.39 is 0 Å². The molecule has 0 atom stereocenters. The van der Waals surface area contributed by atoms with Gasteiger partial charge in [0, 0.05) is 31.0 Å². The van der Waals surface area contributed by atoms with E-state index in [4.69, 9.17) is 4.74 Å². The molecule has 1 aromatic heterocycles. The van der Waals surface area contributed by atoms with Crippen LogP contribution in [0.2, 0.25) is 0 Å². The van der Waals surface area contributed by atoms with Gasteiger partial charge in [-0.2, -0.15) is 5.10 Å². The average molecular weight is 343 g/mol. The number of para-hydroxylation sites is 1. The summed E-state index contributed by atoms with van der Waals surface area (Å²) in [7, 11) is 0. The van der Waals surface area contributed by atoms with Gasteiger partial charge in [-0.05, 0) is 38.8 Å². The molecule has 0 aliphatic rings. The SMILES string of the molecule is CCCCOCCCNC(=O)Cc1c(C)nn(-c2ccccc2)c1C. The Labute approximate surface area is 150 Å². The molecule has 0 bridgehead atoms. The lowest BCUT2D eigenvalue weighted by Crippen LogP contribution is -2.27. The van der Waals surface area contributed by atoms with Crippen molar-refractivity contribution in [2.24, 2.45) is 0 Å². The molecule has 1 aromatic carbocycles. The fraction of sp³-hybridized carbons (Fsp3) is 0.500. The van der Waals surface area contributed by atoms with E-state index in [-0.39, 0.29) is 5.91 Å². The molecule has 0 saturated heterocycles. The maximum atomic E-state index is 12.2. The molecule has 136 valence electrons. The molecule has 0 aliphatic heterocycles. The minimum Gasteiger partial charge on any atom is -0.381 e. The van der Waals surface area contributed by atoms with Crippen LogP contribution in [0.15, 0.2) is 30.3 Å². The molecule has 0 aliphatic carbocycles. The monoisotopic (exact) mass is 343 g/mol. The second-order valence-electron chi connectivity index (χ2n) is 6.24. The summed E-state index contributed by atoms with van der Waals surface area (Å²) >= 11 is 0. The highest BCUT2D eigenvalue weighted by atomic mass is 16.5. The van der Waals surface area contributed by atoms with Gasteiger partial charge in [-0.3, -0.25) is 4.79 Å². The molecule has 1 amide bonds. The van der Waals surface area contributed by atoms with Crippen molar-refractivity contribution in [1.29, 1.82) is 0 Å². The molecule has 0 spiro atoms. The first-order valence-electron chi connectivity index (χ1n) is 9.08. The van der Waals surface area contributed by atoms with Crippen LogP contribution in [0.3, 0.4) is 0 Å². The van der Waals surface area contributed by atoms with Crippen LogP contribution in [-0.4, -0.2) is 35.4 Å². The van der Waals surface area contributed by atoms with Crippen LogP contribution in [0.25, 0.3) is 5.69 Å². The van der Waals surface area contributed by atoms with E-state index in [1.165, 1.54) is 0 Å². The topological polar surface area (TPSA) is 56.1 Å². The van der Waals surface area contributed by atoms with E-state index in [0.29, 0.717) is 19.6 Å². The molecule has 5 heteroatoms. The zero-order chi connectivity index (χ0) is 18.1. The van der Waals surface area contributed by atoms with Crippen molar-refractivity contribution in [1.82, 2.24) is 15.1 Å². The molecular weight excluding hydrogens is 314 g/mol. The van der Waals surface area contributed by atoms with Crippen LogP contribution in [0, 0.1) is 13.8 Å². The Balaban J connectivity index is 1.84. The van der Waals surface area contributed by atoms with Gasteiger partial charge in [0.1, 0.15) is 0 Å². The summed E-state index contributed by atoms with van der Waals surface area (Å²) in [5.74, 6) is 0.0346. The highest BCUT2D eigenvalue weighted by Crippen LogP contribution is 2.18. The summed E-state index contributed by atoms with van der Waals surface area (Å²) in [4.78, 5) is 12.2. The normalized spacial score (nSPS) is 10.8. The number of amides is 1. The van der Waals surface area contributed by atoms with Crippen molar-refractivity contribution in [2.75, 3.05) is 19.8 Å². The lowest BCUT2D eigenvalue weighted by Gasteiger charge is -2.07. The number of carbonyl (C=O) groups excluding carboxylic acids is 1. The molecule has 0 saturated carbocycles. The number of hydrogen-bond donors (Lipinski definition) is 1. The summed E-state index contributed by atoms with van der Waals surface area (Å²) in [5, 5.41) is 7.56. The van der Waals surface area contributed by atoms with Gasteiger partial charge in [-0.25, -0.2) is 4.68 Å². The van der Waals surface area contributed by atoms with Gasteiger partial charge in [0.25, 0.3) is 0 Å². The van der Waals surface area contributed by atoms with E-state index in [1.807, 2.05) is 48.9 Å². The van der Waals surface area contributed by atoms with E-state index in [0.717, 1.165) is 48.5 Å². The Morgan fingerprint density at radius 2 is 1.88 bits per heavy atom. The Morgan fingerprint density at radius 1 is 1.16 bits per heavy atom. The number of rotatable bonds is 10. The smallest absolute Gasteiger partial charge is 0.224 e. The lowest BCUT2D eigenvalue weighted by molar-refractivity contribution is -0.120. The molecule has 25 heavy (non-hydrogen) atoms. The summed E-state index contributed by atoms with van der Waals surface area (Å²) in [6.07, 6.45) is 3.44. The van der Waals surface area contributed by atoms with E-state index >= 15 is 0 Å². The molecule has 1 N–H and O–H groups in total. The van der Waals surface area contributed by atoms with Gasteiger partial charge in [-0.1, -0.05) is 31.5 Å². The summed E-state index contributed by atoms with van der Waals surface area (Å²) in [6, 6.07) is 9.99. The third-order valence-electron chi connectivity index (χ3n) is 4.21. The second kappa shape index (κ2) is 9.99. The highest BCUT2D eigenvalue weighted by Gasteiger charge is 2.15. The molecular formula is C20H29N3O2. The fourth-order valence-electron chi connectivity index (χ4n) is 2.72. The summed E-state index contributed by atoms with van der Waals surface area (Å²) in [6.45, 7) is 8.27. The number of nitrogens with zero attached hydrogens (tertiary/aromatic N) is 2. The largest absolute Gasteiger partial charge is 0.381 e. The fourth-order valence-corrected chi connectivity index (χ4v) is 2.72. The predicted molar refractivity (Wildman–Crippen MR) is 100 cm³/mol. The number of unbranched alkanes of at least 4 members (excludes halogenated alkanes) is 1. The van der Waals surface area contributed by atoms with Crippen LogP contribution in [0.5, 0.6) is 0 Å². The van der Waals surface area contributed by atoms with Gasteiger partial charge in [0.15, 0.2) is 0 Å². The number of hydrogen-bond acceptors (Lipinski definition) is 3. The first kappa shape index (κ1) is 19.2. The summed E-state index contributed by atoms with van der Waals surface area (Å²) in [5.41, 5.74) is 3.93. The van der Waals surface area contributed by atoms with Crippen LogP contribution < -0.4 is 5.32 Å². The van der Waals surface area contributed by atoms with Gasteiger partial charge in [-0.15, -0.1) is 0 Å². The summed E-state index contributed by atoms with van der Waals surface area (Å²) < 4.78 is 7.40. The first-order valence-corrected chi connectivity index (χ1v) is 9.08. The maximum Gasteiger partial charge on any atom is 0.224 e. The number of benzene rings is 1. The van der Waals surface area contributed by atoms with E-state index in [2.05, 4.69) is 17.3 Å². The van der Waals surface area contributed by atoms with Crippen molar-refractivity contribution in [3.05, 3.63) is 47.3 Å². The van der Waals surface area contributed by atoms with Gasteiger partial charge < -0.3 is 10.1 Å². The number of carbonyl (C=O) groups is 1. The van der Waals surface area contributed by atoms with Crippen LogP contribution in [0.4, 0.5) is 0 Å². The molecule has 1 heterocycles. The Hall–Kier alpha value is -2.14. The quantitative estimate of drug-likeness (QED) is 0.673. The number of aryl methyl sites for hydroxylation is 1. The molecule has 2 aromatic rings. The zero-order valence-corrected chi connectivity index (χ0v) is 15.5. The maximum absolute atomic E-state index is 12.2. The number of nitrogens with one attached hydrogen (secondary N) is 1. The Kier molecular flexibility index (Phi) is 7.67. The molecule has 5 nitrogen and oxygen atoms in total. The Morgan fingerprint density at radius 3 is 2.60 bits per heavy atom. The molecule has 0 fully saturated rings. The number of ether oxygens (including phenoxy) is 1. The lowest BCUT2D eigenvalue weighted by atomic mass is 10.1. The van der Waals surface area contributed by atoms with Crippen molar-refractivity contribution in [2.45, 2.75) is 46.5 Å². The third-order valence-corrected chi connectivity index (χ3v) is 4.21. The van der Waals surface area contributed by atoms with Crippen LogP contribution in [0.1, 0.15) is 43.1 Å². The van der Waals surface area contributed by atoms with Gasteiger partial charge in [0.05, 0.1) is 17.8 Å². The Bertz CT molecular complexity index is 665. The van der Waals surface area contributed by atoms with Crippen LogP contribution >= 0.6 is 0 Å². The van der Waals surface area contributed by atoms with E-state index in [1.54, 1.807) is 0 Å². The zero-order valence-electron chi connectivity index (χ0n) is 15.5. The van der Waals surface area contributed by atoms with Gasteiger partial charge in [0.2, 0.25) is 5.91 Å². The minimum absolute atomic E-state index is 0.0346. The highest BCUT2D eigenvalue weighted by molar-refractivity contribution is 5.79. The minimum atomic E-state index is 0.0346. The first-order chi connectivity index (χ1) is 12.1. The van der Waals surface area contributed by atoms with Crippen molar-refractivity contribution < 1.29 is 9.53 Å². The molecule has 0 unspecified atom stereocenters. The number of aromatic nitrogens is 2. The molecule has 2 rings (SSSR count). The second-order valence-corrected chi connectivity index (χ2v) is 6.24. The molecule has 0 radical (unpaired) electrons. The standard InChI is InChI=1S/C20H29N3O2/c1-4-5-13-25-14-9-12-21-20(24)15-19-16(2)22-23(17(19)3)18-10-7-6-8-11-18/h6-8,10-11H,4-5,9,12-15H2,1-3H3,(H,21,24). The van der Waals surface area contributed by atoms with Crippen molar-refractivity contribution >= 4 is 5.91 Å². The van der Waals surface area contributed by atoms with Gasteiger partial charge >= 0.3 is 0 Å². The predicted octanol–water partition coefficient (Wildman–Crippen LogP) is 3.35. The third kappa shape index (κ3) is 5.71. The van der Waals surface area contributed by atoms with Crippen LogP contribution in [-0.2, 0) is 16.0 Å². The van der Waals surface area contributed by atoms with E-state index in [9.17, 15) is 4.79 Å². The van der Waals surface area contributed by atoms with Crippen molar-refractivity contribution in [3.8, 4) is 5.69 Å². The van der Waals surface area contributed by atoms with Crippen molar-refractivity contribution in [3.63, 3.8) is 0 Å².